The molecule has 4 heteroatoms. The Morgan fingerprint density at radius 2 is 1.78 bits per heavy atom. The Morgan fingerprint density at radius 1 is 0.944 bits per heavy atom. The number of halogens is 1. The quantitative estimate of drug-likeness (QED) is 0.687. The Morgan fingerprint density at radius 3 is 2.56 bits per heavy atom. The van der Waals surface area contributed by atoms with Gasteiger partial charge in [0, 0.05) is 23.4 Å². The van der Waals surface area contributed by atoms with Crippen LogP contribution in [0.2, 0.25) is 0 Å². The van der Waals surface area contributed by atoms with Gasteiger partial charge in [0.1, 0.15) is 11.5 Å². The zero-order chi connectivity index (χ0) is 12.4. The molecule has 0 saturated carbocycles. The second-order valence-electron chi connectivity index (χ2n) is 3.83. The molecule has 3 aromatic rings. The number of aromatic nitrogens is 2. The molecular formula is C14H9FN2O. The van der Waals surface area contributed by atoms with Gasteiger partial charge in [-0.1, -0.05) is 35.5 Å². The standard InChI is InChI=1S/C14H9FN2O/c15-12-6-11(8-16-9-12)13-7-14(18-17-13)10-4-2-1-3-5-10/h1-9H. The monoisotopic (exact) mass is 240 g/mol. The van der Waals surface area contributed by atoms with Crippen LogP contribution in [0.5, 0.6) is 0 Å². The fourth-order valence-electron chi connectivity index (χ4n) is 1.70. The summed E-state index contributed by atoms with van der Waals surface area (Å²) in [5.41, 5.74) is 2.10. The van der Waals surface area contributed by atoms with Crippen LogP contribution in [0.25, 0.3) is 22.6 Å². The maximum Gasteiger partial charge on any atom is 0.167 e. The first-order chi connectivity index (χ1) is 8.83. The van der Waals surface area contributed by atoms with E-state index in [0.29, 0.717) is 17.0 Å². The highest BCUT2D eigenvalue weighted by molar-refractivity contribution is 5.65. The molecule has 0 fully saturated rings. The number of nitrogens with zero attached hydrogens (tertiary/aromatic N) is 2. The second-order valence-corrected chi connectivity index (χ2v) is 3.83. The average Bonchev–Trinajstić information content (AvgIpc) is 2.89. The van der Waals surface area contributed by atoms with Crippen molar-refractivity contribution < 1.29 is 8.91 Å². The van der Waals surface area contributed by atoms with Gasteiger partial charge in [-0.2, -0.15) is 0 Å². The minimum Gasteiger partial charge on any atom is -0.356 e. The predicted octanol–water partition coefficient (Wildman–Crippen LogP) is 3.54. The Kier molecular flexibility index (Phi) is 2.61. The zero-order valence-corrected chi connectivity index (χ0v) is 9.38. The van der Waals surface area contributed by atoms with E-state index in [4.69, 9.17) is 4.52 Å². The van der Waals surface area contributed by atoms with Crippen molar-refractivity contribution in [3.05, 3.63) is 60.7 Å². The summed E-state index contributed by atoms with van der Waals surface area (Å²) in [6.07, 6.45) is 2.71. The van der Waals surface area contributed by atoms with Gasteiger partial charge in [0.25, 0.3) is 0 Å². The van der Waals surface area contributed by atoms with Gasteiger partial charge >= 0.3 is 0 Å². The molecule has 88 valence electrons. The van der Waals surface area contributed by atoms with Crippen LogP contribution in [0, 0.1) is 5.82 Å². The molecule has 0 unspecified atom stereocenters. The van der Waals surface area contributed by atoms with Crippen molar-refractivity contribution in [1.29, 1.82) is 0 Å². The lowest BCUT2D eigenvalue weighted by Gasteiger charge is -1.93. The summed E-state index contributed by atoms with van der Waals surface area (Å²) in [7, 11) is 0. The molecule has 0 radical (unpaired) electrons. The van der Waals surface area contributed by atoms with Crippen LogP contribution < -0.4 is 0 Å². The predicted molar refractivity (Wildman–Crippen MR) is 65.1 cm³/mol. The first kappa shape index (κ1) is 10.7. The van der Waals surface area contributed by atoms with Gasteiger partial charge in [-0.05, 0) is 6.07 Å². The molecular weight excluding hydrogens is 231 g/mol. The van der Waals surface area contributed by atoms with E-state index < -0.39 is 5.82 Å². The van der Waals surface area contributed by atoms with E-state index in [2.05, 4.69) is 10.1 Å². The SMILES string of the molecule is Fc1cncc(-c2cc(-c3ccccc3)on2)c1. The van der Waals surface area contributed by atoms with E-state index in [0.717, 1.165) is 11.8 Å². The van der Waals surface area contributed by atoms with Crippen molar-refractivity contribution in [3.8, 4) is 22.6 Å². The highest BCUT2D eigenvalue weighted by Gasteiger charge is 2.08. The van der Waals surface area contributed by atoms with E-state index in [-0.39, 0.29) is 0 Å². The van der Waals surface area contributed by atoms with Crippen molar-refractivity contribution >= 4 is 0 Å². The van der Waals surface area contributed by atoms with Crippen LogP contribution in [-0.4, -0.2) is 10.1 Å². The first-order valence-corrected chi connectivity index (χ1v) is 5.46. The fraction of sp³-hybridized carbons (Fsp3) is 0. The van der Waals surface area contributed by atoms with Gasteiger partial charge < -0.3 is 4.52 Å². The Balaban J connectivity index is 2.00. The third kappa shape index (κ3) is 2.00. The molecule has 0 bridgehead atoms. The summed E-state index contributed by atoms with van der Waals surface area (Å²) in [4.78, 5) is 3.79. The number of benzene rings is 1. The smallest absolute Gasteiger partial charge is 0.167 e. The Bertz CT molecular complexity index is 664. The number of hydrogen-bond donors (Lipinski definition) is 0. The molecule has 2 aromatic heterocycles. The molecule has 0 saturated heterocycles. The normalized spacial score (nSPS) is 10.5. The molecule has 0 aliphatic rings. The maximum absolute atomic E-state index is 13.1. The molecule has 0 aliphatic heterocycles. The largest absolute Gasteiger partial charge is 0.356 e. The maximum atomic E-state index is 13.1. The third-order valence-electron chi connectivity index (χ3n) is 2.57. The van der Waals surface area contributed by atoms with E-state index >= 15 is 0 Å². The molecule has 3 nitrogen and oxygen atoms in total. The Hall–Kier alpha value is -2.49. The minimum atomic E-state index is -0.392. The van der Waals surface area contributed by atoms with E-state index in [1.54, 1.807) is 12.3 Å². The van der Waals surface area contributed by atoms with Crippen molar-refractivity contribution in [1.82, 2.24) is 10.1 Å². The van der Waals surface area contributed by atoms with Crippen LogP contribution in [-0.2, 0) is 0 Å². The Labute approximate surface area is 103 Å². The summed E-state index contributed by atoms with van der Waals surface area (Å²) in [6.45, 7) is 0. The topological polar surface area (TPSA) is 38.9 Å². The summed E-state index contributed by atoms with van der Waals surface area (Å²) in [5, 5.41) is 3.92. The average molecular weight is 240 g/mol. The summed E-state index contributed by atoms with van der Waals surface area (Å²) < 4.78 is 18.3. The molecule has 2 heterocycles. The van der Waals surface area contributed by atoms with E-state index in [9.17, 15) is 4.39 Å². The lowest BCUT2D eigenvalue weighted by Crippen LogP contribution is -1.82. The van der Waals surface area contributed by atoms with Crippen LogP contribution in [0.15, 0.2) is 59.4 Å². The van der Waals surface area contributed by atoms with E-state index in [1.807, 2.05) is 30.3 Å². The van der Waals surface area contributed by atoms with Gasteiger partial charge in [-0.15, -0.1) is 0 Å². The highest BCUT2D eigenvalue weighted by Crippen LogP contribution is 2.25. The van der Waals surface area contributed by atoms with Crippen LogP contribution in [0.3, 0.4) is 0 Å². The van der Waals surface area contributed by atoms with Crippen molar-refractivity contribution in [2.24, 2.45) is 0 Å². The third-order valence-corrected chi connectivity index (χ3v) is 2.57. The van der Waals surface area contributed by atoms with Gasteiger partial charge in [0.2, 0.25) is 0 Å². The minimum absolute atomic E-state index is 0.392. The van der Waals surface area contributed by atoms with Crippen molar-refractivity contribution in [3.63, 3.8) is 0 Å². The van der Waals surface area contributed by atoms with Gasteiger partial charge in [-0.3, -0.25) is 4.98 Å². The van der Waals surface area contributed by atoms with Crippen LogP contribution >= 0.6 is 0 Å². The molecule has 3 rings (SSSR count). The molecule has 0 N–H and O–H groups in total. The number of rotatable bonds is 2. The summed E-state index contributed by atoms with van der Waals surface area (Å²) in [6, 6.07) is 12.8. The van der Waals surface area contributed by atoms with Gasteiger partial charge in [-0.25, -0.2) is 4.39 Å². The van der Waals surface area contributed by atoms with E-state index in [1.165, 1.54) is 6.07 Å². The molecule has 18 heavy (non-hydrogen) atoms. The summed E-state index contributed by atoms with van der Waals surface area (Å²) in [5.74, 6) is 0.256. The zero-order valence-electron chi connectivity index (χ0n) is 9.38. The molecule has 0 atom stereocenters. The van der Waals surface area contributed by atoms with Crippen LogP contribution in [0.1, 0.15) is 0 Å². The lowest BCUT2D eigenvalue weighted by molar-refractivity contribution is 0.435. The lowest BCUT2D eigenvalue weighted by atomic mass is 10.1. The van der Waals surface area contributed by atoms with Crippen LogP contribution in [0.4, 0.5) is 4.39 Å². The molecule has 0 aliphatic carbocycles. The van der Waals surface area contributed by atoms with Gasteiger partial charge in [0.05, 0.1) is 6.20 Å². The molecule has 1 aromatic carbocycles. The van der Waals surface area contributed by atoms with Crippen molar-refractivity contribution in [2.75, 3.05) is 0 Å². The molecule has 0 amide bonds. The number of pyridine rings is 1. The summed E-state index contributed by atoms with van der Waals surface area (Å²) >= 11 is 0. The highest BCUT2D eigenvalue weighted by atomic mass is 19.1. The van der Waals surface area contributed by atoms with Gasteiger partial charge in [0.15, 0.2) is 5.76 Å². The molecule has 0 spiro atoms. The second kappa shape index (κ2) is 4.41. The first-order valence-electron chi connectivity index (χ1n) is 5.46. The van der Waals surface area contributed by atoms with Crippen molar-refractivity contribution in [2.45, 2.75) is 0 Å². The fourth-order valence-corrected chi connectivity index (χ4v) is 1.70. The number of hydrogen-bond acceptors (Lipinski definition) is 3.